The zero-order chi connectivity index (χ0) is 19.3. The van der Waals surface area contributed by atoms with Crippen LogP contribution in [0.25, 0.3) is 0 Å². The molecule has 2 aliphatic carbocycles. The Hall–Kier alpha value is -1.30. The Morgan fingerprint density at radius 2 is 1.50 bits per heavy atom. The number of nitrogens with zero attached hydrogens (tertiary/aromatic N) is 4. The number of nitrogens with one attached hydrogen (secondary N) is 1. The molecule has 2 heterocycles. The van der Waals surface area contributed by atoms with Crippen molar-refractivity contribution in [1.82, 2.24) is 20.0 Å². The SMILES string of the molecule is CN=C(NCC(C1CC1)C1CC1)N1CCN(CC(=O)N2CCCCCC2)CC1. The van der Waals surface area contributed by atoms with Gasteiger partial charge in [0.05, 0.1) is 6.54 Å². The Labute approximate surface area is 170 Å². The lowest BCUT2D eigenvalue weighted by atomic mass is 9.98. The average Bonchev–Trinajstić information content (AvgIpc) is 3.60. The van der Waals surface area contributed by atoms with Gasteiger partial charge in [-0.3, -0.25) is 14.7 Å². The predicted molar refractivity (Wildman–Crippen MR) is 113 cm³/mol. The molecule has 4 rings (SSSR count). The molecule has 28 heavy (non-hydrogen) atoms. The molecular formula is C22H39N5O. The molecule has 2 saturated carbocycles. The number of carbonyl (C=O) groups excluding carboxylic acids is 1. The second-order valence-corrected chi connectivity index (χ2v) is 9.33. The van der Waals surface area contributed by atoms with Crippen LogP contribution in [-0.2, 0) is 4.79 Å². The van der Waals surface area contributed by atoms with Crippen LogP contribution in [0.5, 0.6) is 0 Å². The minimum Gasteiger partial charge on any atom is -0.356 e. The molecule has 158 valence electrons. The molecule has 0 atom stereocenters. The van der Waals surface area contributed by atoms with E-state index < -0.39 is 0 Å². The highest BCUT2D eigenvalue weighted by Gasteiger charge is 2.41. The van der Waals surface area contributed by atoms with Gasteiger partial charge in [0.25, 0.3) is 0 Å². The van der Waals surface area contributed by atoms with Crippen LogP contribution in [0.3, 0.4) is 0 Å². The molecule has 2 saturated heterocycles. The van der Waals surface area contributed by atoms with E-state index in [9.17, 15) is 4.79 Å². The summed E-state index contributed by atoms with van der Waals surface area (Å²) in [5.74, 6) is 4.20. The summed E-state index contributed by atoms with van der Waals surface area (Å²) in [6.45, 7) is 7.43. The summed E-state index contributed by atoms with van der Waals surface area (Å²) in [4.78, 5) is 24.0. The lowest BCUT2D eigenvalue weighted by Crippen LogP contribution is -2.54. The molecule has 6 nitrogen and oxygen atoms in total. The van der Waals surface area contributed by atoms with Gasteiger partial charge >= 0.3 is 0 Å². The van der Waals surface area contributed by atoms with Gasteiger partial charge in [0, 0.05) is 52.9 Å². The van der Waals surface area contributed by atoms with Gasteiger partial charge in [0.15, 0.2) is 5.96 Å². The Morgan fingerprint density at radius 1 is 0.893 bits per heavy atom. The zero-order valence-electron chi connectivity index (χ0n) is 17.7. The highest BCUT2D eigenvalue weighted by molar-refractivity contribution is 5.80. The van der Waals surface area contributed by atoms with Crippen molar-refractivity contribution in [3.8, 4) is 0 Å². The van der Waals surface area contributed by atoms with E-state index in [-0.39, 0.29) is 0 Å². The van der Waals surface area contributed by atoms with Crippen molar-refractivity contribution in [3.05, 3.63) is 0 Å². The quantitative estimate of drug-likeness (QED) is 0.558. The Balaban J connectivity index is 1.19. The van der Waals surface area contributed by atoms with E-state index >= 15 is 0 Å². The lowest BCUT2D eigenvalue weighted by Gasteiger charge is -2.37. The summed E-state index contributed by atoms with van der Waals surface area (Å²) in [5.41, 5.74) is 0. The van der Waals surface area contributed by atoms with Gasteiger partial charge in [0.2, 0.25) is 5.91 Å². The second kappa shape index (κ2) is 9.47. The molecule has 1 amide bonds. The highest BCUT2D eigenvalue weighted by Crippen LogP contribution is 2.48. The van der Waals surface area contributed by atoms with Crippen LogP contribution in [-0.4, -0.2) is 86.0 Å². The van der Waals surface area contributed by atoms with Crippen LogP contribution >= 0.6 is 0 Å². The van der Waals surface area contributed by atoms with Crippen molar-refractivity contribution in [1.29, 1.82) is 0 Å². The second-order valence-electron chi connectivity index (χ2n) is 9.33. The number of likely N-dealkylation sites (tertiary alicyclic amines) is 1. The topological polar surface area (TPSA) is 51.2 Å². The summed E-state index contributed by atoms with van der Waals surface area (Å²) in [6, 6.07) is 0. The number of hydrogen-bond donors (Lipinski definition) is 1. The van der Waals surface area contributed by atoms with Crippen LogP contribution in [0.4, 0.5) is 0 Å². The van der Waals surface area contributed by atoms with Gasteiger partial charge in [0.1, 0.15) is 0 Å². The molecule has 0 bridgehead atoms. The van der Waals surface area contributed by atoms with E-state index in [4.69, 9.17) is 0 Å². The fourth-order valence-electron chi connectivity index (χ4n) is 5.04. The third-order valence-corrected chi connectivity index (χ3v) is 7.15. The van der Waals surface area contributed by atoms with Crippen molar-refractivity contribution in [3.63, 3.8) is 0 Å². The van der Waals surface area contributed by atoms with Crippen molar-refractivity contribution < 1.29 is 4.79 Å². The van der Waals surface area contributed by atoms with Gasteiger partial charge in [-0.25, -0.2) is 0 Å². The monoisotopic (exact) mass is 389 g/mol. The maximum Gasteiger partial charge on any atom is 0.236 e. The Bertz CT molecular complexity index is 529. The molecule has 2 aliphatic heterocycles. The first kappa shape index (κ1) is 20.0. The smallest absolute Gasteiger partial charge is 0.236 e. The summed E-state index contributed by atoms with van der Waals surface area (Å²) in [6.07, 6.45) is 10.6. The van der Waals surface area contributed by atoms with Crippen LogP contribution in [0.1, 0.15) is 51.4 Å². The maximum atomic E-state index is 12.6. The summed E-state index contributed by atoms with van der Waals surface area (Å²) in [5, 5.41) is 3.68. The van der Waals surface area contributed by atoms with Crippen molar-refractivity contribution in [2.24, 2.45) is 22.7 Å². The lowest BCUT2D eigenvalue weighted by molar-refractivity contribution is -0.132. The molecule has 4 aliphatic rings. The van der Waals surface area contributed by atoms with Gasteiger partial charge in [-0.15, -0.1) is 0 Å². The van der Waals surface area contributed by atoms with Crippen molar-refractivity contribution in [2.45, 2.75) is 51.4 Å². The van der Waals surface area contributed by atoms with Crippen LogP contribution in [0.2, 0.25) is 0 Å². The van der Waals surface area contributed by atoms with Gasteiger partial charge in [-0.2, -0.15) is 0 Å². The standard InChI is InChI=1S/C22H39N5O/c1-23-22(24-16-20(18-6-7-18)19-8-9-19)27-14-12-25(13-15-27)17-21(28)26-10-4-2-3-5-11-26/h18-20H,2-17H2,1H3,(H,23,24). The Kier molecular flexibility index (Phi) is 6.76. The predicted octanol–water partition coefficient (Wildman–Crippen LogP) is 2.02. The minimum atomic E-state index is 0.328. The summed E-state index contributed by atoms with van der Waals surface area (Å²) < 4.78 is 0. The largest absolute Gasteiger partial charge is 0.356 e. The van der Waals surface area contributed by atoms with Crippen LogP contribution in [0, 0.1) is 17.8 Å². The molecule has 0 aromatic heterocycles. The number of amides is 1. The first-order valence-corrected chi connectivity index (χ1v) is 11.7. The highest BCUT2D eigenvalue weighted by atomic mass is 16.2. The number of hydrogen-bond acceptors (Lipinski definition) is 3. The number of carbonyl (C=O) groups is 1. The normalized spacial score (nSPS) is 25.1. The van der Waals surface area contributed by atoms with Gasteiger partial charge in [-0.05, 0) is 56.3 Å². The molecule has 4 fully saturated rings. The van der Waals surface area contributed by atoms with E-state index in [1.54, 1.807) is 0 Å². The van der Waals surface area contributed by atoms with Crippen LogP contribution in [0.15, 0.2) is 4.99 Å². The van der Waals surface area contributed by atoms with Gasteiger partial charge in [-0.1, -0.05) is 12.8 Å². The number of aliphatic imine (C=N–C) groups is 1. The first-order chi connectivity index (χ1) is 13.7. The average molecular weight is 390 g/mol. The van der Waals surface area contributed by atoms with E-state index in [0.29, 0.717) is 12.5 Å². The fourth-order valence-corrected chi connectivity index (χ4v) is 5.04. The number of guanidine groups is 1. The molecule has 6 heteroatoms. The summed E-state index contributed by atoms with van der Waals surface area (Å²) >= 11 is 0. The number of piperazine rings is 1. The first-order valence-electron chi connectivity index (χ1n) is 11.7. The third kappa shape index (κ3) is 5.40. The zero-order valence-corrected chi connectivity index (χ0v) is 17.7. The molecule has 0 radical (unpaired) electrons. The van der Waals surface area contributed by atoms with Crippen molar-refractivity contribution in [2.75, 3.05) is 59.4 Å². The van der Waals surface area contributed by atoms with E-state index in [0.717, 1.165) is 69.5 Å². The van der Waals surface area contributed by atoms with Crippen LogP contribution < -0.4 is 5.32 Å². The Morgan fingerprint density at radius 3 is 2.04 bits per heavy atom. The van der Waals surface area contributed by atoms with Gasteiger partial charge < -0.3 is 15.1 Å². The molecular weight excluding hydrogens is 350 g/mol. The fraction of sp³-hybridized carbons (Fsp3) is 0.909. The van der Waals surface area contributed by atoms with E-state index in [2.05, 4.69) is 25.0 Å². The number of rotatable bonds is 6. The van der Waals surface area contributed by atoms with E-state index in [1.165, 1.54) is 51.4 Å². The third-order valence-electron chi connectivity index (χ3n) is 7.15. The molecule has 0 aromatic rings. The van der Waals surface area contributed by atoms with E-state index in [1.807, 2.05) is 7.05 Å². The molecule has 0 unspecified atom stereocenters. The van der Waals surface area contributed by atoms with Crippen molar-refractivity contribution >= 4 is 11.9 Å². The molecule has 1 N–H and O–H groups in total. The maximum absolute atomic E-state index is 12.6. The molecule has 0 spiro atoms. The molecule has 0 aromatic carbocycles. The minimum absolute atomic E-state index is 0.328. The summed E-state index contributed by atoms with van der Waals surface area (Å²) in [7, 11) is 1.90.